The van der Waals surface area contributed by atoms with E-state index >= 15 is 0 Å². The number of hydrogen-bond acceptors (Lipinski definition) is 4. The predicted molar refractivity (Wildman–Crippen MR) is 127 cm³/mol. The van der Waals surface area contributed by atoms with E-state index in [1.807, 2.05) is 6.07 Å². The normalized spacial score (nSPS) is 10.6. The molecule has 0 aliphatic carbocycles. The molecule has 2 aromatic rings. The van der Waals surface area contributed by atoms with Crippen LogP contribution in [0.4, 0.5) is 11.4 Å². The summed E-state index contributed by atoms with van der Waals surface area (Å²) in [7, 11) is 1.69. The predicted octanol–water partition coefficient (Wildman–Crippen LogP) is 2.72. The number of halogens is 1. The number of carbonyl (C=O) groups is 1. The Morgan fingerprint density at radius 3 is 2.57 bits per heavy atom. The van der Waals surface area contributed by atoms with Crippen molar-refractivity contribution in [3.05, 3.63) is 54.9 Å². The number of aliphatic imine (C=N–C) groups is 1. The van der Waals surface area contributed by atoms with Gasteiger partial charge in [0.2, 0.25) is 5.91 Å². The van der Waals surface area contributed by atoms with E-state index in [0.29, 0.717) is 11.6 Å². The van der Waals surface area contributed by atoms with Crippen LogP contribution in [0.5, 0.6) is 0 Å². The second-order valence-corrected chi connectivity index (χ2v) is 5.91. The maximum atomic E-state index is 12.0. The van der Waals surface area contributed by atoms with Crippen LogP contribution in [0.1, 0.15) is 13.3 Å². The van der Waals surface area contributed by atoms with Crippen LogP contribution in [0, 0.1) is 0 Å². The number of rotatable bonds is 9. The van der Waals surface area contributed by atoms with Gasteiger partial charge in [0, 0.05) is 38.6 Å². The molecule has 1 amide bonds. The maximum absolute atomic E-state index is 12.0. The zero-order valence-electron chi connectivity index (χ0n) is 16.4. The lowest BCUT2D eigenvalue weighted by Crippen LogP contribution is -2.42. The van der Waals surface area contributed by atoms with Crippen LogP contribution >= 0.6 is 24.0 Å². The first-order chi connectivity index (χ1) is 13.2. The summed E-state index contributed by atoms with van der Waals surface area (Å²) in [5.41, 5.74) is 1.90. The minimum Gasteiger partial charge on any atom is -0.372 e. The first kappa shape index (κ1) is 23.7. The molecule has 7 nitrogen and oxygen atoms in total. The van der Waals surface area contributed by atoms with Gasteiger partial charge in [0.1, 0.15) is 0 Å². The zero-order valence-corrected chi connectivity index (χ0v) is 18.7. The fourth-order valence-corrected chi connectivity index (χ4v) is 2.61. The number of nitrogens with one attached hydrogen (secondary N) is 3. The van der Waals surface area contributed by atoms with Crippen molar-refractivity contribution in [2.24, 2.45) is 4.99 Å². The van der Waals surface area contributed by atoms with Crippen LogP contribution in [0.2, 0.25) is 0 Å². The van der Waals surface area contributed by atoms with Crippen molar-refractivity contribution in [3.8, 4) is 0 Å². The van der Waals surface area contributed by atoms with E-state index in [1.165, 1.54) is 5.69 Å². The summed E-state index contributed by atoms with van der Waals surface area (Å²) in [6.45, 7) is 4.98. The molecule has 0 spiro atoms. The summed E-state index contributed by atoms with van der Waals surface area (Å²) < 4.78 is 0. The van der Waals surface area contributed by atoms with E-state index in [1.54, 1.807) is 31.6 Å². The summed E-state index contributed by atoms with van der Waals surface area (Å²) in [6, 6.07) is 14.0. The van der Waals surface area contributed by atoms with Gasteiger partial charge in [0.15, 0.2) is 5.96 Å². The smallest absolute Gasteiger partial charge is 0.243 e. The molecule has 0 aliphatic heterocycles. The van der Waals surface area contributed by atoms with Crippen LogP contribution in [-0.2, 0) is 4.79 Å². The second kappa shape index (κ2) is 13.8. The highest BCUT2D eigenvalue weighted by Gasteiger charge is 2.05. The monoisotopic (exact) mass is 496 g/mol. The van der Waals surface area contributed by atoms with E-state index in [-0.39, 0.29) is 36.4 Å². The third kappa shape index (κ3) is 8.55. The molecular weight excluding hydrogens is 467 g/mol. The molecule has 0 atom stereocenters. The van der Waals surface area contributed by atoms with Crippen LogP contribution in [0.3, 0.4) is 0 Å². The Hall–Kier alpha value is -2.36. The molecular formula is C20H29IN6O. The maximum Gasteiger partial charge on any atom is 0.243 e. The van der Waals surface area contributed by atoms with Crippen LogP contribution in [0.25, 0.3) is 0 Å². The summed E-state index contributed by atoms with van der Waals surface area (Å²) >= 11 is 0. The second-order valence-electron chi connectivity index (χ2n) is 5.91. The summed E-state index contributed by atoms with van der Waals surface area (Å²) in [5, 5.41) is 9.03. The Bertz CT molecular complexity index is 711. The summed E-state index contributed by atoms with van der Waals surface area (Å²) in [5.74, 6) is 0.464. The standard InChI is InChI=1S/C20H28N6O.HI/c1-3-26(18-10-5-4-6-11-18)14-8-13-23-20(21-2)24-16-19(27)25-17-9-7-12-22-15-17;/h4-7,9-12,15H,3,8,13-14,16H2,1-2H3,(H,25,27)(H2,21,23,24);1H. The molecule has 0 saturated heterocycles. The quantitative estimate of drug-likeness (QED) is 0.215. The van der Waals surface area contributed by atoms with Crippen molar-refractivity contribution in [3.63, 3.8) is 0 Å². The molecule has 0 bridgehead atoms. The number of para-hydroxylation sites is 1. The lowest BCUT2D eigenvalue weighted by atomic mass is 10.2. The number of amides is 1. The third-order valence-corrected chi connectivity index (χ3v) is 3.99. The van der Waals surface area contributed by atoms with E-state index in [4.69, 9.17) is 0 Å². The first-order valence-corrected chi connectivity index (χ1v) is 9.17. The SMILES string of the molecule is CCN(CCCNC(=NC)NCC(=O)Nc1cccnc1)c1ccccc1.I. The van der Waals surface area contributed by atoms with Crippen molar-refractivity contribution in [1.29, 1.82) is 0 Å². The third-order valence-electron chi connectivity index (χ3n) is 3.99. The molecule has 0 radical (unpaired) electrons. The lowest BCUT2D eigenvalue weighted by Gasteiger charge is -2.23. The van der Waals surface area contributed by atoms with E-state index in [2.05, 4.69) is 62.0 Å². The molecule has 152 valence electrons. The van der Waals surface area contributed by atoms with Crippen molar-refractivity contribution in [2.75, 3.05) is 43.4 Å². The Kier molecular flexibility index (Phi) is 11.6. The number of anilines is 2. The lowest BCUT2D eigenvalue weighted by molar-refractivity contribution is -0.115. The molecule has 1 heterocycles. The Balaban J connectivity index is 0.00000392. The number of hydrogen-bond donors (Lipinski definition) is 3. The number of pyridine rings is 1. The Morgan fingerprint density at radius 2 is 1.93 bits per heavy atom. The molecule has 8 heteroatoms. The van der Waals surface area contributed by atoms with Crippen LogP contribution in [-0.4, -0.2) is 50.1 Å². The minimum atomic E-state index is -0.146. The fourth-order valence-electron chi connectivity index (χ4n) is 2.61. The molecule has 0 fully saturated rings. The molecule has 28 heavy (non-hydrogen) atoms. The van der Waals surface area contributed by atoms with Gasteiger partial charge in [0.25, 0.3) is 0 Å². The number of nitrogens with zero attached hydrogens (tertiary/aromatic N) is 3. The average Bonchev–Trinajstić information content (AvgIpc) is 2.71. The zero-order chi connectivity index (χ0) is 19.3. The van der Waals surface area contributed by atoms with E-state index < -0.39 is 0 Å². The van der Waals surface area contributed by atoms with Crippen molar-refractivity contribution < 1.29 is 4.79 Å². The van der Waals surface area contributed by atoms with Gasteiger partial charge in [-0.05, 0) is 37.6 Å². The van der Waals surface area contributed by atoms with Gasteiger partial charge < -0.3 is 20.9 Å². The average molecular weight is 496 g/mol. The number of benzene rings is 1. The summed E-state index contributed by atoms with van der Waals surface area (Å²) in [6.07, 6.45) is 4.24. The highest BCUT2D eigenvalue weighted by molar-refractivity contribution is 14.0. The van der Waals surface area contributed by atoms with Gasteiger partial charge in [-0.15, -0.1) is 24.0 Å². The number of aromatic nitrogens is 1. The molecule has 0 aliphatic rings. The Labute approximate surface area is 184 Å². The van der Waals surface area contributed by atoms with Crippen molar-refractivity contribution >= 4 is 47.2 Å². The van der Waals surface area contributed by atoms with Crippen molar-refractivity contribution in [2.45, 2.75) is 13.3 Å². The van der Waals surface area contributed by atoms with Gasteiger partial charge in [-0.3, -0.25) is 14.8 Å². The van der Waals surface area contributed by atoms with Gasteiger partial charge in [-0.1, -0.05) is 18.2 Å². The fraction of sp³-hybridized carbons (Fsp3) is 0.350. The largest absolute Gasteiger partial charge is 0.372 e. The summed E-state index contributed by atoms with van der Waals surface area (Å²) in [4.78, 5) is 22.4. The van der Waals surface area contributed by atoms with E-state index in [0.717, 1.165) is 26.1 Å². The van der Waals surface area contributed by atoms with Gasteiger partial charge in [-0.2, -0.15) is 0 Å². The van der Waals surface area contributed by atoms with Crippen LogP contribution < -0.4 is 20.9 Å². The molecule has 0 unspecified atom stereocenters. The minimum absolute atomic E-state index is 0. The molecule has 1 aromatic carbocycles. The highest BCUT2D eigenvalue weighted by atomic mass is 127. The molecule has 2 rings (SSSR count). The van der Waals surface area contributed by atoms with Crippen LogP contribution in [0.15, 0.2) is 59.9 Å². The molecule has 3 N–H and O–H groups in total. The van der Waals surface area contributed by atoms with E-state index in [9.17, 15) is 4.79 Å². The first-order valence-electron chi connectivity index (χ1n) is 9.17. The Morgan fingerprint density at radius 1 is 1.14 bits per heavy atom. The molecule has 0 saturated carbocycles. The van der Waals surface area contributed by atoms with Gasteiger partial charge >= 0.3 is 0 Å². The van der Waals surface area contributed by atoms with Gasteiger partial charge in [0.05, 0.1) is 18.4 Å². The molecule has 1 aromatic heterocycles. The number of carbonyl (C=O) groups excluding carboxylic acids is 1. The highest BCUT2D eigenvalue weighted by Crippen LogP contribution is 2.12. The topological polar surface area (TPSA) is 81.6 Å². The van der Waals surface area contributed by atoms with Gasteiger partial charge in [-0.25, -0.2) is 0 Å². The van der Waals surface area contributed by atoms with Crippen molar-refractivity contribution in [1.82, 2.24) is 15.6 Å². The number of guanidine groups is 1.